The first-order chi connectivity index (χ1) is 10.1. The Kier molecular flexibility index (Phi) is 5.88. The summed E-state index contributed by atoms with van der Waals surface area (Å²) < 4.78 is 5.54. The van der Waals surface area contributed by atoms with Crippen LogP contribution in [-0.2, 0) is 0 Å². The van der Waals surface area contributed by atoms with Crippen molar-refractivity contribution in [1.82, 2.24) is 10.2 Å². The van der Waals surface area contributed by atoms with E-state index in [2.05, 4.69) is 24.1 Å². The number of phenolic OH excluding ortho intramolecular Hbond substituents is 1. The van der Waals surface area contributed by atoms with Crippen molar-refractivity contribution in [2.75, 3.05) is 32.8 Å². The second-order valence-corrected chi connectivity index (χ2v) is 6.09. The summed E-state index contributed by atoms with van der Waals surface area (Å²) in [6.07, 6.45) is 1.12. The van der Waals surface area contributed by atoms with Crippen LogP contribution in [0.5, 0.6) is 11.5 Å². The van der Waals surface area contributed by atoms with Gasteiger partial charge in [-0.2, -0.15) is 0 Å². The SMILES string of the molecule is CCOc1cc([C@@H](CC(C)C)N2CCNCC2)ccc1O. The molecule has 118 valence electrons. The van der Waals surface area contributed by atoms with Gasteiger partial charge in [-0.05, 0) is 37.0 Å². The number of ether oxygens (including phenoxy) is 1. The van der Waals surface area contributed by atoms with E-state index in [1.807, 2.05) is 19.1 Å². The summed E-state index contributed by atoms with van der Waals surface area (Å²) in [4.78, 5) is 2.54. The second-order valence-electron chi connectivity index (χ2n) is 6.09. The lowest BCUT2D eigenvalue weighted by molar-refractivity contribution is 0.153. The molecule has 1 aromatic rings. The highest BCUT2D eigenvalue weighted by molar-refractivity contribution is 5.42. The molecular formula is C17H28N2O2. The zero-order valence-corrected chi connectivity index (χ0v) is 13.4. The molecule has 0 bridgehead atoms. The molecule has 0 aliphatic carbocycles. The van der Waals surface area contributed by atoms with E-state index in [-0.39, 0.29) is 5.75 Å². The predicted octanol–water partition coefficient (Wildman–Crippen LogP) is 2.78. The maximum atomic E-state index is 9.89. The molecule has 1 atom stereocenters. The van der Waals surface area contributed by atoms with Crippen molar-refractivity contribution in [2.24, 2.45) is 5.92 Å². The molecule has 0 aromatic heterocycles. The summed E-state index contributed by atoms with van der Waals surface area (Å²) in [6.45, 7) is 11.3. The standard InChI is InChI=1S/C17H28N2O2/c1-4-21-17-12-14(5-6-16(17)20)15(11-13(2)3)19-9-7-18-8-10-19/h5-6,12-13,15,18,20H,4,7-11H2,1-3H3/t15-/m1/s1. The van der Waals surface area contributed by atoms with Crippen molar-refractivity contribution in [1.29, 1.82) is 0 Å². The van der Waals surface area contributed by atoms with E-state index in [0.29, 0.717) is 24.3 Å². The lowest BCUT2D eigenvalue weighted by Crippen LogP contribution is -2.45. The van der Waals surface area contributed by atoms with E-state index >= 15 is 0 Å². The zero-order valence-electron chi connectivity index (χ0n) is 13.4. The molecule has 2 N–H and O–H groups in total. The number of phenols is 1. The Bertz CT molecular complexity index is 442. The lowest BCUT2D eigenvalue weighted by atomic mass is 9.94. The van der Waals surface area contributed by atoms with Crippen LogP contribution in [0.3, 0.4) is 0 Å². The van der Waals surface area contributed by atoms with Crippen LogP contribution >= 0.6 is 0 Å². The minimum absolute atomic E-state index is 0.226. The molecule has 1 aromatic carbocycles. The Balaban J connectivity index is 2.24. The Hall–Kier alpha value is -1.26. The highest BCUT2D eigenvalue weighted by atomic mass is 16.5. The summed E-state index contributed by atoms with van der Waals surface area (Å²) >= 11 is 0. The molecule has 0 amide bonds. The molecule has 1 aliphatic rings. The molecule has 1 saturated heterocycles. The highest BCUT2D eigenvalue weighted by Gasteiger charge is 2.23. The monoisotopic (exact) mass is 292 g/mol. The van der Waals surface area contributed by atoms with Crippen LogP contribution in [0.15, 0.2) is 18.2 Å². The number of benzene rings is 1. The largest absolute Gasteiger partial charge is 0.504 e. The average Bonchev–Trinajstić information content (AvgIpc) is 2.48. The zero-order chi connectivity index (χ0) is 15.2. The van der Waals surface area contributed by atoms with Crippen molar-refractivity contribution in [3.05, 3.63) is 23.8 Å². The fourth-order valence-corrected chi connectivity index (χ4v) is 2.95. The predicted molar refractivity (Wildman–Crippen MR) is 85.9 cm³/mol. The van der Waals surface area contributed by atoms with Crippen molar-refractivity contribution < 1.29 is 9.84 Å². The molecule has 0 radical (unpaired) electrons. The van der Waals surface area contributed by atoms with Crippen LogP contribution in [0, 0.1) is 5.92 Å². The van der Waals surface area contributed by atoms with E-state index in [1.54, 1.807) is 6.07 Å². The van der Waals surface area contributed by atoms with Crippen molar-refractivity contribution in [2.45, 2.75) is 33.2 Å². The fourth-order valence-electron chi connectivity index (χ4n) is 2.95. The summed E-state index contributed by atoms with van der Waals surface area (Å²) in [5, 5.41) is 13.3. The smallest absolute Gasteiger partial charge is 0.161 e. The normalized spacial score (nSPS) is 17.9. The minimum Gasteiger partial charge on any atom is -0.504 e. The quantitative estimate of drug-likeness (QED) is 0.846. The lowest BCUT2D eigenvalue weighted by Gasteiger charge is -2.36. The third-order valence-corrected chi connectivity index (χ3v) is 3.96. The van der Waals surface area contributed by atoms with Gasteiger partial charge in [-0.25, -0.2) is 0 Å². The van der Waals surface area contributed by atoms with Crippen LogP contribution in [0.25, 0.3) is 0 Å². The molecule has 0 spiro atoms. The molecule has 2 rings (SSSR count). The van der Waals surface area contributed by atoms with Crippen molar-refractivity contribution in [3.63, 3.8) is 0 Å². The van der Waals surface area contributed by atoms with Gasteiger partial charge in [0.15, 0.2) is 11.5 Å². The van der Waals surface area contributed by atoms with Gasteiger partial charge in [-0.15, -0.1) is 0 Å². The van der Waals surface area contributed by atoms with Crippen LogP contribution in [0.2, 0.25) is 0 Å². The first kappa shape index (κ1) is 16.1. The number of hydrogen-bond donors (Lipinski definition) is 2. The molecule has 1 heterocycles. The number of rotatable bonds is 6. The van der Waals surface area contributed by atoms with Crippen molar-refractivity contribution in [3.8, 4) is 11.5 Å². The molecule has 21 heavy (non-hydrogen) atoms. The minimum atomic E-state index is 0.226. The van der Waals surface area contributed by atoms with Crippen LogP contribution in [-0.4, -0.2) is 42.8 Å². The van der Waals surface area contributed by atoms with E-state index < -0.39 is 0 Å². The average molecular weight is 292 g/mol. The summed E-state index contributed by atoms with van der Waals surface area (Å²) in [7, 11) is 0. The van der Waals surface area contributed by atoms with Gasteiger partial charge in [0.2, 0.25) is 0 Å². The van der Waals surface area contributed by atoms with Crippen LogP contribution in [0.1, 0.15) is 38.8 Å². The van der Waals surface area contributed by atoms with Crippen molar-refractivity contribution >= 4 is 0 Å². The van der Waals surface area contributed by atoms with Gasteiger partial charge in [0, 0.05) is 32.2 Å². The molecule has 1 aliphatic heterocycles. The molecule has 0 unspecified atom stereocenters. The van der Waals surface area contributed by atoms with Gasteiger partial charge in [-0.1, -0.05) is 19.9 Å². The Morgan fingerprint density at radius 3 is 2.62 bits per heavy atom. The number of aromatic hydroxyl groups is 1. The molecule has 0 saturated carbocycles. The number of nitrogens with one attached hydrogen (secondary N) is 1. The highest BCUT2D eigenvalue weighted by Crippen LogP contribution is 2.34. The van der Waals surface area contributed by atoms with E-state index in [4.69, 9.17) is 4.74 Å². The summed E-state index contributed by atoms with van der Waals surface area (Å²) in [6, 6.07) is 6.20. The number of nitrogens with zero attached hydrogens (tertiary/aromatic N) is 1. The number of piperazine rings is 1. The van der Waals surface area contributed by atoms with Crippen LogP contribution in [0.4, 0.5) is 0 Å². The van der Waals surface area contributed by atoms with Gasteiger partial charge in [-0.3, -0.25) is 4.90 Å². The van der Waals surface area contributed by atoms with Gasteiger partial charge in [0.05, 0.1) is 6.61 Å². The third-order valence-electron chi connectivity index (χ3n) is 3.96. The summed E-state index contributed by atoms with van der Waals surface area (Å²) in [5.41, 5.74) is 1.24. The van der Waals surface area contributed by atoms with Gasteiger partial charge >= 0.3 is 0 Å². The van der Waals surface area contributed by atoms with Gasteiger partial charge in [0.1, 0.15) is 0 Å². The summed E-state index contributed by atoms with van der Waals surface area (Å²) in [5.74, 6) is 1.46. The third kappa shape index (κ3) is 4.35. The molecule has 1 fully saturated rings. The van der Waals surface area contributed by atoms with Gasteiger partial charge < -0.3 is 15.2 Å². The maximum absolute atomic E-state index is 9.89. The van der Waals surface area contributed by atoms with E-state index in [9.17, 15) is 5.11 Å². The number of hydrogen-bond acceptors (Lipinski definition) is 4. The van der Waals surface area contributed by atoms with Gasteiger partial charge in [0.25, 0.3) is 0 Å². The van der Waals surface area contributed by atoms with Crippen LogP contribution < -0.4 is 10.1 Å². The maximum Gasteiger partial charge on any atom is 0.161 e. The molecule has 4 heteroatoms. The van der Waals surface area contributed by atoms with E-state index in [1.165, 1.54) is 5.56 Å². The Morgan fingerprint density at radius 1 is 1.29 bits per heavy atom. The first-order valence-corrected chi connectivity index (χ1v) is 8.02. The molecular weight excluding hydrogens is 264 g/mol. The second kappa shape index (κ2) is 7.66. The topological polar surface area (TPSA) is 44.7 Å². The fraction of sp³-hybridized carbons (Fsp3) is 0.647. The Labute approximate surface area is 128 Å². The Morgan fingerprint density at radius 2 is 2.00 bits per heavy atom. The molecule has 4 nitrogen and oxygen atoms in total. The van der Waals surface area contributed by atoms with E-state index in [0.717, 1.165) is 32.6 Å². The first-order valence-electron chi connectivity index (χ1n) is 8.02.